The highest BCUT2D eigenvalue weighted by Crippen LogP contribution is 2.51. The van der Waals surface area contributed by atoms with Gasteiger partial charge >= 0.3 is 0 Å². The number of rotatable bonds is 4. The molecule has 0 aliphatic heterocycles. The van der Waals surface area contributed by atoms with Crippen molar-refractivity contribution in [3.8, 4) is 44.5 Å². The number of para-hydroxylation sites is 4. The molecule has 0 unspecified atom stereocenters. The van der Waals surface area contributed by atoms with Crippen LogP contribution in [0.2, 0.25) is 0 Å². The predicted octanol–water partition coefficient (Wildman–Crippen LogP) is 18.1. The second kappa shape index (κ2) is 13.3. The quantitative estimate of drug-likeness (QED) is 0.156. The maximum atomic E-state index is 2.53. The van der Waals surface area contributed by atoms with E-state index in [1.165, 1.54) is 153 Å². The van der Waals surface area contributed by atoms with Gasteiger partial charge < -0.3 is 8.80 Å². The van der Waals surface area contributed by atoms with Gasteiger partial charge in [0.05, 0.1) is 33.1 Å². The van der Waals surface area contributed by atoms with Gasteiger partial charge in [0, 0.05) is 43.1 Å². The Morgan fingerprint density at radius 3 is 1.21 bits per heavy atom. The molecule has 0 N–H and O–H groups in total. The standard InChI is InChI=1S/C66H38N2/c1-2-16-39(17-3-1)41-36-40-18-4-5-19-42(40)57(37-41)62-47-26-14-24-43(49-32-34-51-45-20-6-10-28-58(45)67-60-30-12-8-22-53(60)63(49)65(51)67)55(47)38-56-44(25-15-27-48(56)62)50-33-35-52-46-21-7-11-29-59(46)68-61-31-13-9-23-54(61)64(50)66(52)68/h1-38H. The third-order valence-corrected chi connectivity index (χ3v) is 15.4. The van der Waals surface area contributed by atoms with Crippen molar-refractivity contribution in [1.82, 2.24) is 8.80 Å². The van der Waals surface area contributed by atoms with E-state index in [0.29, 0.717) is 0 Å². The zero-order valence-corrected chi connectivity index (χ0v) is 36.8. The number of nitrogens with zero attached hydrogens (tertiary/aromatic N) is 2. The van der Waals surface area contributed by atoms with E-state index in [1.807, 2.05) is 0 Å². The van der Waals surface area contributed by atoms with Crippen LogP contribution in [-0.4, -0.2) is 8.80 Å². The van der Waals surface area contributed by atoms with Gasteiger partial charge in [-0.1, -0.05) is 188 Å². The molecule has 0 aliphatic rings. The van der Waals surface area contributed by atoms with Crippen LogP contribution in [0.5, 0.6) is 0 Å². The lowest BCUT2D eigenvalue weighted by Gasteiger charge is -2.20. The normalized spacial score (nSPS) is 12.4. The smallest absolute Gasteiger partial charge is 0.0626 e. The Morgan fingerprint density at radius 1 is 0.221 bits per heavy atom. The highest BCUT2D eigenvalue weighted by Gasteiger charge is 2.25. The van der Waals surface area contributed by atoms with Crippen LogP contribution in [-0.2, 0) is 0 Å². The summed E-state index contributed by atoms with van der Waals surface area (Å²) in [5, 5.41) is 17.8. The Labute approximate surface area is 390 Å². The fourth-order valence-electron chi connectivity index (χ4n) is 12.6. The van der Waals surface area contributed by atoms with Gasteiger partial charge in [-0.05, 0) is 119 Å². The van der Waals surface area contributed by atoms with Gasteiger partial charge in [0.25, 0.3) is 0 Å². The molecule has 16 rings (SSSR count). The maximum Gasteiger partial charge on any atom is 0.0626 e. The SMILES string of the molecule is c1ccc(-c2cc(-c3c4cccc(-c5ccc6c7ccccc7n7c8ccccc8c5c67)c4cc4c(-c5ccc6c7ccccc7n7c8ccccc8c5c67)cccc34)c3ccccc3c2)cc1. The molecule has 4 heterocycles. The summed E-state index contributed by atoms with van der Waals surface area (Å²) in [5.74, 6) is 0. The van der Waals surface area contributed by atoms with Gasteiger partial charge in [-0.15, -0.1) is 0 Å². The topological polar surface area (TPSA) is 8.82 Å². The van der Waals surface area contributed by atoms with Crippen molar-refractivity contribution in [3.63, 3.8) is 0 Å². The van der Waals surface area contributed by atoms with Crippen molar-refractivity contribution in [1.29, 1.82) is 0 Å². The molecule has 0 radical (unpaired) electrons. The molecule has 2 heteroatoms. The summed E-state index contributed by atoms with van der Waals surface area (Å²) in [5.41, 5.74) is 17.4. The van der Waals surface area contributed by atoms with E-state index in [9.17, 15) is 0 Å². The number of aromatic nitrogens is 2. The van der Waals surface area contributed by atoms with Gasteiger partial charge in [0.15, 0.2) is 0 Å². The first kappa shape index (κ1) is 36.3. The van der Waals surface area contributed by atoms with Gasteiger partial charge in [-0.2, -0.15) is 0 Å². The summed E-state index contributed by atoms with van der Waals surface area (Å²) < 4.78 is 5.00. The third kappa shape index (κ3) is 4.66. The number of benzene rings is 12. The van der Waals surface area contributed by atoms with E-state index in [-0.39, 0.29) is 0 Å². The molecule has 16 aromatic rings. The summed E-state index contributed by atoms with van der Waals surface area (Å²) >= 11 is 0. The molecule has 0 fully saturated rings. The highest BCUT2D eigenvalue weighted by atomic mass is 14.9. The van der Waals surface area contributed by atoms with Crippen LogP contribution in [0.1, 0.15) is 0 Å². The molecule has 12 aromatic carbocycles. The largest absolute Gasteiger partial charge is 0.308 e. The zero-order valence-electron chi connectivity index (χ0n) is 36.8. The van der Waals surface area contributed by atoms with Crippen LogP contribution in [0.25, 0.3) is 153 Å². The lowest BCUT2D eigenvalue weighted by Crippen LogP contribution is -1.93. The molecule has 4 aromatic heterocycles. The molecule has 0 bridgehead atoms. The monoisotopic (exact) mass is 858 g/mol. The van der Waals surface area contributed by atoms with Crippen molar-refractivity contribution in [2.45, 2.75) is 0 Å². The first-order valence-electron chi connectivity index (χ1n) is 23.7. The van der Waals surface area contributed by atoms with Crippen molar-refractivity contribution in [2.75, 3.05) is 0 Å². The Balaban J connectivity index is 1.08. The molecule has 0 saturated carbocycles. The summed E-state index contributed by atoms with van der Waals surface area (Å²) in [4.78, 5) is 0. The van der Waals surface area contributed by atoms with E-state index in [1.54, 1.807) is 0 Å². The van der Waals surface area contributed by atoms with Crippen molar-refractivity contribution >= 4 is 109 Å². The lowest BCUT2D eigenvalue weighted by molar-refractivity contribution is 1.37. The Kier molecular flexibility index (Phi) is 7.10. The molecular formula is C66H38N2. The lowest BCUT2D eigenvalue weighted by atomic mass is 9.83. The van der Waals surface area contributed by atoms with E-state index < -0.39 is 0 Å². The molecule has 312 valence electrons. The Bertz CT molecular complexity index is 4540. The molecule has 0 amide bonds. The summed E-state index contributed by atoms with van der Waals surface area (Å²) in [6, 6.07) is 86.5. The van der Waals surface area contributed by atoms with Crippen LogP contribution in [0.4, 0.5) is 0 Å². The summed E-state index contributed by atoms with van der Waals surface area (Å²) in [7, 11) is 0. The Morgan fingerprint density at radius 2 is 0.662 bits per heavy atom. The third-order valence-electron chi connectivity index (χ3n) is 15.4. The van der Waals surface area contributed by atoms with Gasteiger partial charge in [0.1, 0.15) is 0 Å². The van der Waals surface area contributed by atoms with E-state index in [0.717, 1.165) is 0 Å². The average Bonchev–Trinajstić information content (AvgIpc) is 4.14. The number of fused-ring (bicyclic) bond motifs is 15. The van der Waals surface area contributed by atoms with Crippen LogP contribution in [0.15, 0.2) is 231 Å². The second-order valence-electron chi connectivity index (χ2n) is 18.7. The van der Waals surface area contributed by atoms with Crippen molar-refractivity contribution < 1.29 is 0 Å². The number of hydrogen-bond donors (Lipinski definition) is 0. The summed E-state index contributed by atoms with van der Waals surface area (Å²) in [6.45, 7) is 0. The molecule has 0 spiro atoms. The van der Waals surface area contributed by atoms with Crippen molar-refractivity contribution in [3.05, 3.63) is 231 Å². The fourth-order valence-corrected chi connectivity index (χ4v) is 12.6. The van der Waals surface area contributed by atoms with Crippen LogP contribution in [0.3, 0.4) is 0 Å². The average molecular weight is 859 g/mol. The second-order valence-corrected chi connectivity index (χ2v) is 18.7. The van der Waals surface area contributed by atoms with Gasteiger partial charge in [-0.3, -0.25) is 0 Å². The minimum Gasteiger partial charge on any atom is -0.308 e. The minimum atomic E-state index is 1.21. The zero-order chi connectivity index (χ0) is 44.2. The first-order valence-corrected chi connectivity index (χ1v) is 23.7. The van der Waals surface area contributed by atoms with E-state index >= 15 is 0 Å². The predicted molar refractivity (Wildman–Crippen MR) is 290 cm³/mol. The van der Waals surface area contributed by atoms with E-state index in [2.05, 4.69) is 239 Å². The highest BCUT2D eigenvalue weighted by molar-refractivity contribution is 6.31. The minimum absolute atomic E-state index is 1.21. The van der Waals surface area contributed by atoms with Crippen LogP contribution >= 0.6 is 0 Å². The van der Waals surface area contributed by atoms with E-state index in [4.69, 9.17) is 0 Å². The molecule has 2 nitrogen and oxygen atoms in total. The van der Waals surface area contributed by atoms with Gasteiger partial charge in [0.2, 0.25) is 0 Å². The van der Waals surface area contributed by atoms with Crippen LogP contribution < -0.4 is 0 Å². The molecule has 0 aliphatic carbocycles. The number of hydrogen-bond acceptors (Lipinski definition) is 0. The Hall–Kier alpha value is -8.98. The first-order chi connectivity index (χ1) is 33.8. The fraction of sp³-hybridized carbons (Fsp3) is 0. The summed E-state index contributed by atoms with van der Waals surface area (Å²) in [6.07, 6.45) is 0. The maximum absolute atomic E-state index is 2.53. The van der Waals surface area contributed by atoms with Crippen LogP contribution in [0, 0.1) is 0 Å². The molecule has 0 saturated heterocycles. The molecule has 68 heavy (non-hydrogen) atoms. The molecule has 0 atom stereocenters. The molecular weight excluding hydrogens is 821 g/mol. The van der Waals surface area contributed by atoms with Gasteiger partial charge in [-0.25, -0.2) is 0 Å². The van der Waals surface area contributed by atoms with Crippen molar-refractivity contribution in [2.24, 2.45) is 0 Å².